The van der Waals surface area contributed by atoms with E-state index >= 15 is 0 Å². The van der Waals surface area contributed by atoms with Crippen LogP contribution in [-0.4, -0.2) is 25.0 Å². The maximum Gasteiger partial charge on any atom is 0.332 e. The maximum absolute atomic E-state index is 13.3. The lowest BCUT2D eigenvalue weighted by Gasteiger charge is -2.18. The van der Waals surface area contributed by atoms with Gasteiger partial charge in [0, 0.05) is 31.6 Å². The highest BCUT2D eigenvalue weighted by atomic mass is 16.2. The molecule has 8 nitrogen and oxygen atoms in total. The third-order valence-electron chi connectivity index (χ3n) is 7.31. The van der Waals surface area contributed by atoms with E-state index in [2.05, 4.69) is 10.3 Å². The lowest BCUT2D eigenvalue weighted by atomic mass is 9.88. The molecule has 3 atom stereocenters. The molecule has 0 spiro atoms. The Hall–Kier alpha value is -3.16. The van der Waals surface area contributed by atoms with E-state index in [4.69, 9.17) is 4.98 Å². The molecule has 3 aromatic rings. The predicted octanol–water partition coefficient (Wildman–Crippen LogP) is 3.40. The van der Waals surface area contributed by atoms with Crippen LogP contribution in [0.5, 0.6) is 0 Å². The van der Waals surface area contributed by atoms with Crippen LogP contribution in [-0.2, 0) is 24.3 Å². The summed E-state index contributed by atoms with van der Waals surface area (Å²) in [7, 11) is 0. The minimum absolute atomic E-state index is 0.111. The molecule has 2 N–H and O–H groups in total. The van der Waals surface area contributed by atoms with Crippen LogP contribution in [0.25, 0.3) is 11.2 Å². The van der Waals surface area contributed by atoms with Crippen LogP contribution in [0.15, 0.2) is 33.9 Å². The summed E-state index contributed by atoms with van der Waals surface area (Å²) >= 11 is 0. The average molecular weight is 450 g/mol. The molecule has 174 valence electrons. The molecule has 2 aliphatic rings. The van der Waals surface area contributed by atoms with Gasteiger partial charge in [-0.3, -0.25) is 18.7 Å². The monoisotopic (exact) mass is 449 g/mol. The second-order valence-electron chi connectivity index (χ2n) is 9.62. The molecule has 2 heterocycles. The van der Waals surface area contributed by atoms with Crippen molar-refractivity contribution in [3.05, 3.63) is 56.5 Å². The van der Waals surface area contributed by atoms with Crippen LogP contribution in [0, 0.1) is 11.8 Å². The largest absolute Gasteiger partial charge is 0.336 e. The Balaban J connectivity index is 1.49. The molecule has 33 heavy (non-hydrogen) atoms. The highest BCUT2D eigenvalue weighted by Crippen LogP contribution is 2.52. The zero-order valence-corrected chi connectivity index (χ0v) is 19.3. The Labute approximate surface area is 192 Å². The summed E-state index contributed by atoms with van der Waals surface area (Å²) in [5, 5.41) is 2.76. The zero-order chi connectivity index (χ0) is 23.1. The molecular formula is C25H31N5O3. The molecule has 2 fully saturated rings. The van der Waals surface area contributed by atoms with E-state index in [0.717, 1.165) is 29.4 Å². The number of imidazole rings is 1. The van der Waals surface area contributed by atoms with Gasteiger partial charge in [0.2, 0.25) is 5.91 Å². The molecule has 8 heteroatoms. The number of nitrogens with zero attached hydrogens (tertiary/aromatic N) is 3. The van der Waals surface area contributed by atoms with Gasteiger partial charge in [-0.25, -0.2) is 9.78 Å². The smallest absolute Gasteiger partial charge is 0.332 e. The lowest BCUT2D eigenvalue weighted by Crippen LogP contribution is -2.40. The molecular weight excluding hydrogens is 418 g/mol. The standard InChI is InChI=1S/C25H31N5O3/c1-3-11-30-24(32)21-23(28-22(27-21)20-14-17-4-7-18(20)13-17)29(25(30)33)12-10-16-5-8-19(9-6-16)26-15(2)31/h5-6,8-9,17-18,20H,3-4,7,10-14H2,1-2H3,(H,26,31)(H,27,28)/t17?,18-,20-/m1/s1. The topological polar surface area (TPSA) is 102 Å². The van der Waals surface area contributed by atoms with Crippen molar-refractivity contribution >= 4 is 22.8 Å². The summed E-state index contributed by atoms with van der Waals surface area (Å²) in [6.45, 7) is 4.26. The van der Waals surface area contributed by atoms with Gasteiger partial charge in [-0.05, 0) is 61.6 Å². The van der Waals surface area contributed by atoms with Crippen LogP contribution in [0.4, 0.5) is 5.69 Å². The number of aryl methyl sites for hydroxylation is 2. The van der Waals surface area contributed by atoms with Gasteiger partial charge < -0.3 is 10.3 Å². The first-order chi connectivity index (χ1) is 15.9. The van der Waals surface area contributed by atoms with Crippen molar-refractivity contribution < 1.29 is 4.79 Å². The van der Waals surface area contributed by atoms with Gasteiger partial charge in [0.1, 0.15) is 11.3 Å². The van der Waals surface area contributed by atoms with Crippen LogP contribution < -0.4 is 16.6 Å². The molecule has 1 amide bonds. The molecule has 0 radical (unpaired) electrons. The van der Waals surface area contributed by atoms with Crippen molar-refractivity contribution in [2.45, 2.75) is 71.4 Å². The van der Waals surface area contributed by atoms with Gasteiger partial charge in [-0.15, -0.1) is 0 Å². The SMILES string of the molecule is CCCn1c(=O)c2[nH]c([C@@H]3CC4CC[C@@H]3C4)nc2n(CCc2ccc(NC(C)=O)cc2)c1=O. The quantitative estimate of drug-likeness (QED) is 0.577. The van der Waals surface area contributed by atoms with E-state index in [9.17, 15) is 14.4 Å². The van der Waals surface area contributed by atoms with Crippen molar-refractivity contribution in [2.24, 2.45) is 11.8 Å². The van der Waals surface area contributed by atoms with E-state index in [1.807, 2.05) is 31.2 Å². The minimum Gasteiger partial charge on any atom is -0.336 e. The van der Waals surface area contributed by atoms with Crippen molar-refractivity contribution in [3.8, 4) is 0 Å². The second kappa shape index (κ2) is 8.65. The molecule has 2 aromatic heterocycles. The number of hydrogen-bond donors (Lipinski definition) is 2. The fourth-order valence-electron chi connectivity index (χ4n) is 5.76. The molecule has 2 saturated carbocycles. The summed E-state index contributed by atoms with van der Waals surface area (Å²) in [5.41, 5.74) is 2.14. The summed E-state index contributed by atoms with van der Waals surface area (Å²) in [6.07, 6.45) is 6.24. The fourth-order valence-corrected chi connectivity index (χ4v) is 5.76. The number of rotatable bonds is 7. The molecule has 1 unspecified atom stereocenters. The zero-order valence-electron chi connectivity index (χ0n) is 19.3. The van der Waals surface area contributed by atoms with Crippen molar-refractivity contribution in [2.75, 3.05) is 5.32 Å². The third-order valence-corrected chi connectivity index (χ3v) is 7.31. The average Bonchev–Trinajstić information content (AvgIpc) is 3.53. The van der Waals surface area contributed by atoms with Crippen molar-refractivity contribution in [1.82, 2.24) is 19.1 Å². The number of aromatic nitrogens is 4. The molecule has 5 rings (SSSR count). The first kappa shape index (κ1) is 21.7. The molecule has 1 aromatic carbocycles. The third kappa shape index (κ3) is 4.03. The number of carbonyl (C=O) groups excluding carboxylic acids is 1. The predicted molar refractivity (Wildman–Crippen MR) is 128 cm³/mol. The number of anilines is 1. The number of aromatic amines is 1. The van der Waals surface area contributed by atoms with E-state index in [0.29, 0.717) is 48.9 Å². The number of hydrogen-bond acceptors (Lipinski definition) is 4. The van der Waals surface area contributed by atoms with E-state index in [1.165, 1.54) is 30.8 Å². The number of fused-ring (bicyclic) bond motifs is 3. The number of carbonyl (C=O) groups is 1. The lowest BCUT2D eigenvalue weighted by molar-refractivity contribution is -0.114. The molecule has 0 aliphatic heterocycles. The number of amides is 1. The normalized spacial score (nSPS) is 21.7. The first-order valence-electron chi connectivity index (χ1n) is 12.0. The maximum atomic E-state index is 13.3. The van der Waals surface area contributed by atoms with Crippen LogP contribution in [0.3, 0.4) is 0 Å². The van der Waals surface area contributed by atoms with Crippen LogP contribution >= 0.6 is 0 Å². The van der Waals surface area contributed by atoms with Gasteiger partial charge >= 0.3 is 5.69 Å². The Bertz CT molecular complexity index is 1300. The fraction of sp³-hybridized carbons (Fsp3) is 0.520. The van der Waals surface area contributed by atoms with E-state index in [-0.39, 0.29) is 17.2 Å². The van der Waals surface area contributed by atoms with Crippen molar-refractivity contribution in [1.29, 1.82) is 0 Å². The summed E-state index contributed by atoms with van der Waals surface area (Å²) < 4.78 is 2.99. The van der Waals surface area contributed by atoms with E-state index in [1.54, 1.807) is 4.57 Å². The molecule has 2 aliphatic carbocycles. The Morgan fingerprint density at radius 3 is 2.55 bits per heavy atom. The second-order valence-corrected chi connectivity index (χ2v) is 9.62. The number of benzene rings is 1. The Morgan fingerprint density at radius 1 is 1.12 bits per heavy atom. The summed E-state index contributed by atoms with van der Waals surface area (Å²) in [5.74, 6) is 2.53. The number of H-pyrrole nitrogens is 1. The van der Waals surface area contributed by atoms with Gasteiger partial charge in [0.05, 0.1) is 0 Å². The minimum atomic E-state index is -0.296. The molecule has 2 bridgehead atoms. The highest BCUT2D eigenvalue weighted by molar-refractivity contribution is 5.88. The Morgan fingerprint density at radius 2 is 1.91 bits per heavy atom. The van der Waals surface area contributed by atoms with Crippen molar-refractivity contribution in [3.63, 3.8) is 0 Å². The van der Waals surface area contributed by atoms with Gasteiger partial charge in [0.25, 0.3) is 5.56 Å². The van der Waals surface area contributed by atoms with E-state index < -0.39 is 0 Å². The van der Waals surface area contributed by atoms with Crippen LogP contribution in [0.2, 0.25) is 0 Å². The summed E-state index contributed by atoms with van der Waals surface area (Å²) in [6, 6.07) is 7.60. The molecule has 0 saturated heterocycles. The first-order valence-corrected chi connectivity index (χ1v) is 12.0. The Kier molecular flexibility index (Phi) is 5.68. The van der Waals surface area contributed by atoms with Gasteiger partial charge in [0.15, 0.2) is 5.65 Å². The van der Waals surface area contributed by atoms with Gasteiger partial charge in [-0.2, -0.15) is 0 Å². The van der Waals surface area contributed by atoms with Crippen LogP contribution in [0.1, 0.15) is 63.3 Å². The summed E-state index contributed by atoms with van der Waals surface area (Å²) in [4.78, 5) is 45.8. The van der Waals surface area contributed by atoms with Gasteiger partial charge in [-0.1, -0.05) is 25.5 Å². The number of nitrogens with one attached hydrogen (secondary N) is 2. The highest BCUT2D eigenvalue weighted by Gasteiger charge is 2.41.